The molecule has 1 aromatic carbocycles. The number of nitrogens with two attached hydrogens (primary N) is 1. The molecule has 4 N–H and O–H groups in total. The van der Waals surface area contributed by atoms with Crippen molar-refractivity contribution in [3.05, 3.63) is 48.5 Å². The minimum absolute atomic E-state index is 0.245. The smallest absolute Gasteiger partial charge is 0.187 e. The van der Waals surface area contributed by atoms with E-state index in [-0.39, 0.29) is 6.17 Å². The molecule has 0 aliphatic carbocycles. The predicted octanol–water partition coefficient (Wildman–Crippen LogP) is 2.77. The Morgan fingerprint density at radius 1 is 1.41 bits per heavy atom. The van der Waals surface area contributed by atoms with Crippen LogP contribution in [-0.4, -0.2) is 11.1 Å². The van der Waals surface area contributed by atoms with Crippen molar-refractivity contribution < 1.29 is 0 Å². The van der Waals surface area contributed by atoms with Crippen LogP contribution in [0.1, 0.15) is 0 Å². The highest BCUT2D eigenvalue weighted by Crippen LogP contribution is 2.21. The van der Waals surface area contributed by atoms with Crippen molar-refractivity contribution in [2.24, 2.45) is 5.73 Å². The fourth-order valence-electron chi connectivity index (χ4n) is 1.35. The van der Waals surface area contributed by atoms with E-state index in [2.05, 4.69) is 22.2 Å². The van der Waals surface area contributed by atoms with Gasteiger partial charge in [0.15, 0.2) is 5.13 Å². The van der Waals surface area contributed by atoms with Crippen LogP contribution in [0.5, 0.6) is 0 Å². The number of hydrogen-bond donors (Lipinski definition) is 3. The van der Waals surface area contributed by atoms with Gasteiger partial charge in [-0.25, -0.2) is 4.98 Å². The molecule has 4 nitrogen and oxygen atoms in total. The summed E-state index contributed by atoms with van der Waals surface area (Å²) in [6, 6.07) is 7.86. The molecule has 88 valence electrons. The highest BCUT2D eigenvalue weighted by molar-refractivity contribution is 7.13. The second-order valence-corrected chi connectivity index (χ2v) is 4.34. The third-order valence-electron chi connectivity index (χ3n) is 2.13. The molecule has 2 aromatic rings. The molecule has 17 heavy (non-hydrogen) atoms. The average Bonchev–Trinajstić information content (AvgIpc) is 2.82. The number of thiazole rings is 1. The van der Waals surface area contributed by atoms with Crippen LogP contribution in [0.3, 0.4) is 0 Å². The van der Waals surface area contributed by atoms with Gasteiger partial charge in [-0.1, -0.05) is 18.7 Å². The van der Waals surface area contributed by atoms with Crippen LogP contribution in [0.25, 0.3) is 0 Å². The van der Waals surface area contributed by atoms with Crippen molar-refractivity contribution in [1.82, 2.24) is 4.98 Å². The third kappa shape index (κ3) is 3.30. The highest BCUT2D eigenvalue weighted by Gasteiger charge is 2.00. The largest absolute Gasteiger partial charge is 0.367 e. The SMILES string of the molecule is C=CC(N)Nc1cccc(Nc2nccs2)c1. The van der Waals surface area contributed by atoms with Gasteiger partial charge >= 0.3 is 0 Å². The lowest BCUT2D eigenvalue weighted by atomic mass is 10.2. The molecule has 0 saturated carbocycles. The predicted molar refractivity (Wildman–Crippen MR) is 73.6 cm³/mol. The first kappa shape index (κ1) is 11.6. The maximum absolute atomic E-state index is 5.73. The molecule has 1 atom stereocenters. The van der Waals surface area contributed by atoms with Gasteiger partial charge in [0.05, 0.1) is 6.17 Å². The zero-order chi connectivity index (χ0) is 12.1. The van der Waals surface area contributed by atoms with Crippen molar-refractivity contribution in [3.8, 4) is 0 Å². The van der Waals surface area contributed by atoms with Gasteiger partial charge in [-0.2, -0.15) is 0 Å². The lowest BCUT2D eigenvalue weighted by molar-refractivity contribution is 0.946. The van der Waals surface area contributed by atoms with Crippen molar-refractivity contribution in [1.29, 1.82) is 0 Å². The summed E-state index contributed by atoms with van der Waals surface area (Å²) in [5.74, 6) is 0. The van der Waals surface area contributed by atoms with E-state index in [0.717, 1.165) is 16.5 Å². The first-order chi connectivity index (χ1) is 8.28. The summed E-state index contributed by atoms with van der Waals surface area (Å²) >= 11 is 1.56. The van der Waals surface area contributed by atoms with E-state index in [0.29, 0.717) is 0 Å². The van der Waals surface area contributed by atoms with E-state index in [1.807, 2.05) is 29.6 Å². The Bertz CT molecular complexity index is 481. The number of anilines is 3. The van der Waals surface area contributed by atoms with E-state index >= 15 is 0 Å². The van der Waals surface area contributed by atoms with E-state index in [1.165, 1.54) is 0 Å². The fraction of sp³-hybridized carbons (Fsp3) is 0.0833. The molecule has 0 radical (unpaired) electrons. The second kappa shape index (κ2) is 5.47. The molecule has 2 rings (SSSR count). The number of hydrogen-bond acceptors (Lipinski definition) is 5. The van der Waals surface area contributed by atoms with Gasteiger partial charge in [-0.3, -0.25) is 0 Å². The van der Waals surface area contributed by atoms with Gasteiger partial charge in [0.1, 0.15) is 0 Å². The number of benzene rings is 1. The van der Waals surface area contributed by atoms with Crippen LogP contribution >= 0.6 is 11.3 Å². The quantitative estimate of drug-likeness (QED) is 0.561. The van der Waals surface area contributed by atoms with Crippen LogP contribution < -0.4 is 16.4 Å². The standard InChI is InChI=1S/C12H14N4S/c1-2-11(13)15-9-4-3-5-10(8-9)16-12-14-6-7-17-12/h2-8,11,15H,1,13H2,(H,14,16). The Hall–Kier alpha value is -1.85. The van der Waals surface area contributed by atoms with Crippen molar-refractivity contribution >= 4 is 27.8 Å². The Morgan fingerprint density at radius 2 is 2.24 bits per heavy atom. The first-order valence-electron chi connectivity index (χ1n) is 5.19. The summed E-state index contributed by atoms with van der Waals surface area (Å²) in [7, 11) is 0. The summed E-state index contributed by atoms with van der Waals surface area (Å²) in [4.78, 5) is 4.16. The molecule has 0 fully saturated rings. The summed E-state index contributed by atoms with van der Waals surface area (Å²) in [5.41, 5.74) is 7.65. The van der Waals surface area contributed by atoms with Gasteiger partial charge in [0.25, 0.3) is 0 Å². The zero-order valence-corrected chi connectivity index (χ0v) is 10.1. The average molecular weight is 246 g/mol. The zero-order valence-electron chi connectivity index (χ0n) is 9.26. The lowest BCUT2D eigenvalue weighted by Crippen LogP contribution is -2.26. The van der Waals surface area contributed by atoms with Crippen molar-refractivity contribution in [2.75, 3.05) is 10.6 Å². The van der Waals surface area contributed by atoms with Crippen molar-refractivity contribution in [3.63, 3.8) is 0 Å². The monoisotopic (exact) mass is 246 g/mol. The molecule has 1 unspecified atom stereocenters. The fourth-order valence-corrected chi connectivity index (χ4v) is 1.90. The van der Waals surface area contributed by atoms with Gasteiger partial charge in [-0.05, 0) is 18.2 Å². The van der Waals surface area contributed by atoms with Crippen molar-refractivity contribution in [2.45, 2.75) is 6.17 Å². The Kier molecular flexibility index (Phi) is 3.74. The molecule has 0 aliphatic rings. The van der Waals surface area contributed by atoms with E-state index in [9.17, 15) is 0 Å². The Labute approximate surface area is 104 Å². The Balaban J connectivity index is 2.08. The van der Waals surface area contributed by atoms with Crippen LogP contribution in [0.4, 0.5) is 16.5 Å². The summed E-state index contributed by atoms with van der Waals surface area (Å²) in [6.45, 7) is 3.63. The Morgan fingerprint density at radius 3 is 2.94 bits per heavy atom. The normalized spacial score (nSPS) is 11.8. The molecule has 0 aliphatic heterocycles. The maximum atomic E-state index is 5.73. The van der Waals surface area contributed by atoms with Crippen LogP contribution in [0.15, 0.2) is 48.5 Å². The van der Waals surface area contributed by atoms with Gasteiger partial charge < -0.3 is 16.4 Å². The van der Waals surface area contributed by atoms with Gasteiger partial charge in [0.2, 0.25) is 0 Å². The molecular formula is C12H14N4S. The number of rotatable bonds is 5. The van der Waals surface area contributed by atoms with E-state index in [4.69, 9.17) is 5.73 Å². The van der Waals surface area contributed by atoms with E-state index < -0.39 is 0 Å². The summed E-state index contributed by atoms with van der Waals surface area (Å²) in [5, 5.41) is 9.13. The highest BCUT2D eigenvalue weighted by atomic mass is 32.1. The second-order valence-electron chi connectivity index (χ2n) is 3.45. The molecule has 0 spiro atoms. The first-order valence-corrected chi connectivity index (χ1v) is 6.07. The van der Waals surface area contributed by atoms with Gasteiger partial charge in [0, 0.05) is 23.0 Å². The molecule has 0 saturated heterocycles. The molecule has 0 bridgehead atoms. The van der Waals surface area contributed by atoms with Gasteiger partial charge in [-0.15, -0.1) is 11.3 Å². The number of nitrogens with one attached hydrogen (secondary N) is 2. The maximum Gasteiger partial charge on any atom is 0.187 e. The molecular weight excluding hydrogens is 232 g/mol. The van der Waals surface area contributed by atoms with Crippen LogP contribution in [0, 0.1) is 0 Å². The molecule has 5 heteroatoms. The minimum Gasteiger partial charge on any atom is -0.367 e. The van der Waals surface area contributed by atoms with Crippen LogP contribution in [0.2, 0.25) is 0 Å². The molecule has 1 heterocycles. The van der Waals surface area contributed by atoms with Crippen LogP contribution in [-0.2, 0) is 0 Å². The topological polar surface area (TPSA) is 63.0 Å². The molecule has 1 aromatic heterocycles. The summed E-state index contributed by atoms with van der Waals surface area (Å²) in [6.07, 6.45) is 3.18. The molecule has 0 amide bonds. The number of aromatic nitrogens is 1. The lowest BCUT2D eigenvalue weighted by Gasteiger charge is -2.12. The van der Waals surface area contributed by atoms with E-state index in [1.54, 1.807) is 23.6 Å². The minimum atomic E-state index is -0.245. The summed E-state index contributed by atoms with van der Waals surface area (Å²) < 4.78 is 0. The third-order valence-corrected chi connectivity index (χ3v) is 2.82. The number of nitrogens with zero attached hydrogens (tertiary/aromatic N) is 1.